The van der Waals surface area contributed by atoms with Crippen LogP contribution in [0.4, 0.5) is 15.0 Å². The quantitative estimate of drug-likeness (QED) is 0.495. The van der Waals surface area contributed by atoms with E-state index in [1.165, 1.54) is 37.4 Å². The zero-order valence-corrected chi connectivity index (χ0v) is 19.8. The van der Waals surface area contributed by atoms with Crippen LogP contribution in [0.3, 0.4) is 0 Å². The van der Waals surface area contributed by atoms with Gasteiger partial charge in [0.15, 0.2) is 5.78 Å². The highest BCUT2D eigenvalue weighted by Gasteiger charge is 2.30. The molecule has 0 radical (unpaired) electrons. The van der Waals surface area contributed by atoms with Crippen LogP contribution >= 0.6 is 0 Å². The van der Waals surface area contributed by atoms with Gasteiger partial charge in [0.25, 0.3) is 0 Å². The Morgan fingerprint density at radius 2 is 1.94 bits per heavy atom. The van der Waals surface area contributed by atoms with Crippen molar-refractivity contribution in [1.82, 2.24) is 9.97 Å². The fraction of sp³-hybridized carbons (Fsp3) is 0.360. The fourth-order valence-corrected chi connectivity index (χ4v) is 3.90. The molecule has 0 spiro atoms. The summed E-state index contributed by atoms with van der Waals surface area (Å²) >= 11 is 0. The Bertz CT molecular complexity index is 1290. The van der Waals surface area contributed by atoms with Crippen molar-refractivity contribution in [3.63, 3.8) is 0 Å². The standard InChI is InChI=1S/C25H26FN3O5/c1-14(30)17-11-28-23(18-12-27-22(32-5)10-16(17)18)29(24(31)34-25(2,3)4)13-19-15-8-9-33-21(15)7-6-20(19)26/h6-7,10-12H,8-9,13H2,1-5H3. The van der Waals surface area contributed by atoms with Crippen molar-refractivity contribution >= 4 is 28.5 Å². The number of anilines is 1. The maximum Gasteiger partial charge on any atom is 0.416 e. The van der Waals surface area contributed by atoms with Gasteiger partial charge >= 0.3 is 6.09 Å². The van der Waals surface area contributed by atoms with E-state index in [9.17, 15) is 14.0 Å². The molecule has 0 saturated heterocycles. The number of amides is 1. The van der Waals surface area contributed by atoms with Gasteiger partial charge in [-0.15, -0.1) is 0 Å². The van der Waals surface area contributed by atoms with E-state index in [2.05, 4.69) is 9.97 Å². The number of hydrogen-bond acceptors (Lipinski definition) is 7. The lowest BCUT2D eigenvalue weighted by Crippen LogP contribution is -2.37. The number of ether oxygens (including phenoxy) is 3. The van der Waals surface area contributed by atoms with Gasteiger partial charge in [-0.1, -0.05) is 0 Å². The molecule has 0 N–H and O–H groups in total. The number of hydrogen-bond donors (Lipinski definition) is 0. The molecule has 3 aromatic rings. The topological polar surface area (TPSA) is 90.8 Å². The summed E-state index contributed by atoms with van der Waals surface area (Å²) in [6.07, 6.45) is 2.70. The molecule has 1 aromatic carbocycles. The van der Waals surface area contributed by atoms with Crippen molar-refractivity contribution in [2.45, 2.75) is 46.3 Å². The SMILES string of the molecule is COc1cc2c(C(C)=O)cnc(N(Cc3c(F)ccc4c3CCO4)C(=O)OC(C)(C)C)c2cn1. The van der Waals surface area contributed by atoms with Crippen LogP contribution in [0.2, 0.25) is 0 Å². The fourth-order valence-electron chi connectivity index (χ4n) is 3.90. The maximum absolute atomic E-state index is 15.0. The van der Waals surface area contributed by atoms with Crippen molar-refractivity contribution in [1.29, 1.82) is 0 Å². The molecule has 0 saturated carbocycles. The second kappa shape index (κ2) is 8.89. The Labute approximate surface area is 196 Å². The lowest BCUT2D eigenvalue weighted by atomic mass is 10.0. The first kappa shape index (κ1) is 23.4. The van der Waals surface area contributed by atoms with Gasteiger partial charge in [0.2, 0.25) is 5.88 Å². The molecular formula is C25H26FN3O5. The smallest absolute Gasteiger partial charge is 0.416 e. The maximum atomic E-state index is 15.0. The van der Waals surface area contributed by atoms with Gasteiger partial charge in [-0.2, -0.15) is 0 Å². The van der Waals surface area contributed by atoms with Crippen LogP contribution in [0, 0.1) is 5.82 Å². The number of benzene rings is 1. The predicted octanol–water partition coefficient (Wildman–Crippen LogP) is 4.86. The number of halogens is 1. The molecule has 0 atom stereocenters. The molecule has 1 aliphatic heterocycles. The van der Waals surface area contributed by atoms with Crippen LogP contribution in [-0.4, -0.2) is 41.2 Å². The van der Waals surface area contributed by atoms with E-state index < -0.39 is 17.5 Å². The van der Waals surface area contributed by atoms with Crippen molar-refractivity contribution in [2.75, 3.05) is 18.6 Å². The summed E-state index contributed by atoms with van der Waals surface area (Å²) in [6.45, 7) is 6.96. The minimum atomic E-state index is -0.799. The molecule has 178 valence electrons. The number of carbonyl (C=O) groups excluding carboxylic acids is 2. The van der Waals surface area contributed by atoms with Gasteiger partial charge in [-0.25, -0.2) is 19.2 Å². The number of carbonyl (C=O) groups is 2. The first-order valence-electron chi connectivity index (χ1n) is 10.9. The van der Waals surface area contributed by atoms with Gasteiger partial charge in [-0.3, -0.25) is 9.69 Å². The summed E-state index contributed by atoms with van der Waals surface area (Å²) in [7, 11) is 1.47. The van der Waals surface area contributed by atoms with Crippen LogP contribution in [0.25, 0.3) is 10.8 Å². The van der Waals surface area contributed by atoms with Crippen molar-refractivity contribution < 1.29 is 28.2 Å². The third-order valence-electron chi connectivity index (χ3n) is 5.44. The predicted molar refractivity (Wildman–Crippen MR) is 124 cm³/mol. The molecule has 1 aliphatic rings. The lowest BCUT2D eigenvalue weighted by Gasteiger charge is -2.28. The molecule has 1 amide bonds. The van der Waals surface area contributed by atoms with E-state index in [-0.39, 0.29) is 18.1 Å². The normalized spacial score (nSPS) is 12.8. The molecule has 4 rings (SSSR count). The van der Waals surface area contributed by atoms with Crippen LogP contribution < -0.4 is 14.4 Å². The molecule has 34 heavy (non-hydrogen) atoms. The minimum Gasteiger partial charge on any atom is -0.493 e. The van der Waals surface area contributed by atoms with Crippen molar-refractivity contribution in [3.05, 3.63) is 53.1 Å². The summed E-state index contributed by atoms with van der Waals surface area (Å²) in [4.78, 5) is 35.5. The second-order valence-electron chi connectivity index (χ2n) is 8.99. The number of rotatable bonds is 5. The number of aromatic nitrogens is 2. The van der Waals surface area contributed by atoms with E-state index in [1.54, 1.807) is 32.9 Å². The largest absolute Gasteiger partial charge is 0.493 e. The molecule has 9 heteroatoms. The summed E-state index contributed by atoms with van der Waals surface area (Å²) < 4.78 is 31.4. The molecule has 0 aliphatic carbocycles. The van der Waals surface area contributed by atoms with Crippen LogP contribution in [-0.2, 0) is 17.7 Å². The number of pyridine rings is 2. The summed E-state index contributed by atoms with van der Waals surface area (Å²) in [6, 6.07) is 4.52. The summed E-state index contributed by atoms with van der Waals surface area (Å²) in [5.41, 5.74) is 0.585. The van der Waals surface area contributed by atoms with E-state index in [4.69, 9.17) is 14.2 Å². The molecule has 2 aromatic heterocycles. The van der Waals surface area contributed by atoms with Gasteiger partial charge < -0.3 is 14.2 Å². The van der Waals surface area contributed by atoms with E-state index in [1.807, 2.05) is 0 Å². The third-order valence-corrected chi connectivity index (χ3v) is 5.44. The minimum absolute atomic E-state index is 0.138. The van der Waals surface area contributed by atoms with Crippen LogP contribution in [0.15, 0.2) is 30.6 Å². The Kier molecular flexibility index (Phi) is 6.12. The zero-order valence-electron chi connectivity index (χ0n) is 19.8. The second-order valence-corrected chi connectivity index (χ2v) is 8.99. The van der Waals surface area contributed by atoms with E-state index >= 15 is 0 Å². The summed E-state index contributed by atoms with van der Waals surface area (Å²) in [5.74, 6) is 0.435. The Balaban J connectivity index is 1.90. The number of Topliss-reactive ketones (excluding diaryl/α,β-unsaturated/α-hetero) is 1. The molecule has 8 nitrogen and oxygen atoms in total. The van der Waals surface area contributed by atoms with E-state index in [0.29, 0.717) is 52.1 Å². The highest BCUT2D eigenvalue weighted by atomic mass is 19.1. The first-order valence-corrected chi connectivity index (χ1v) is 10.9. The number of ketones is 1. The monoisotopic (exact) mass is 467 g/mol. The van der Waals surface area contributed by atoms with Crippen molar-refractivity contribution in [3.8, 4) is 11.6 Å². The molecule has 0 fully saturated rings. The first-order chi connectivity index (χ1) is 16.1. The van der Waals surface area contributed by atoms with Gasteiger partial charge in [0.05, 0.1) is 20.3 Å². The Hall–Kier alpha value is -3.75. The van der Waals surface area contributed by atoms with Crippen LogP contribution in [0.5, 0.6) is 11.6 Å². The van der Waals surface area contributed by atoms with Gasteiger partial charge in [0, 0.05) is 52.3 Å². The summed E-state index contributed by atoms with van der Waals surface area (Å²) in [5, 5.41) is 0.948. The average molecular weight is 467 g/mol. The van der Waals surface area contributed by atoms with Gasteiger partial charge in [0.1, 0.15) is 23.0 Å². The zero-order chi connectivity index (χ0) is 24.6. The molecular weight excluding hydrogens is 441 g/mol. The highest BCUT2D eigenvalue weighted by molar-refractivity contribution is 6.10. The number of fused-ring (bicyclic) bond motifs is 2. The third kappa shape index (κ3) is 4.50. The Morgan fingerprint density at radius 3 is 2.62 bits per heavy atom. The molecule has 3 heterocycles. The lowest BCUT2D eigenvalue weighted by molar-refractivity contribution is 0.0576. The number of nitrogens with zero attached hydrogens (tertiary/aromatic N) is 3. The van der Waals surface area contributed by atoms with E-state index in [0.717, 1.165) is 0 Å². The highest BCUT2D eigenvalue weighted by Crippen LogP contribution is 2.35. The number of methoxy groups -OCH3 is 1. The molecule has 0 unspecified atom stereocenters. The Morgan fingerprint density at radius 1 is 1.18 bits per heavy atom. The molecule has 0 bridgehead atoms. The average Bonchev–Trinajstić information content (AvgIpc) is 3.25. The van der Waals surface area contributed by atoms with Gasteiger partial charge in [-0.05, 0) is 39.8 Å². The van der Waals surface area contributed by atoms with Crippen LogP contribution in [0.1, 0.15) is 49.2 Å². The van der Waals surface area contributed by atoms with Crippen molar-refractivity contribution in [2.24, 2.45) is 0 Å².